The van der Waals surface area contributed by atoms with Crippen LogP contribution < -0.4 is 10.6 Å². The second-order valence-electron chi connectivity index (χ2n) is 6.47. The number of rotatable bonds is 7. The summed E-state index contributed by atoms with van der Waals surface area (Å²) in [6.07, 6.45) is -4.39. The van der Waals surface area contributed by atoms with Crippen LogP contribution in [-0.2, 0) is 4.79 Å². The van der Waals surface area contributed by atoms with Gasteiger partial charge in [-0.15, -0.1) is 24.8 Å². The van der Waals surface area contributed by atoms with Gasteiger partial charge >= 0.3 is 6.18 Å². The number of hydrogen-bond acceptors (Lipinski definition) is 4. The van der Waals surface area contributed by atoms with Crippen LogP contribution in [0.1, 0.15) is 18.5 Å². The number of amides is 1. The van der Waals surface area contributed by atoms with Crippen LogP contribution >= 0.6 is 24.8 Å². The van der Waals surface area contributed by atoms with Crippen LogP contribution in [0.25, 0.3) is 0 Å². The summed E-state index contributed by atoms with van der Waals surface area (Å²) in [6, 6.07) is 6.82. The number of likely N-dealkylation sites (N-methyl/N-ethyl adjacent to an activating group) is 1. The molecule has 1 aromatic carbocycles. The van der Waals surface area contributed by atoms with Crippen molar-refractivity contribution in [1.82, 2.24) is 20.4 Å². The molecule has 10 heteroatoms. The molecular formula is C18H29Cl2F3N4O. The van der Waals surface area contributed by atoms with Crippen molar-refractivity contribution in [2.45, 2.75) is 25.2 Å². The molecule has 1 saturated heterocycles. The normalized spacial score (nSPS) is 17.2. The zero-order chi connectivity index (χ0) is 19.2. The lowest BCUT2D eigenvalue weighted by molar-refractivity contribution is -0.184. The number of nitrogens with one attached hydrogen (secondary N) is 2. The predicted molar refractivity (Wildman–Crippen MR) is 109 cm³/mol. The van der Waals surface area contributed by atoms with Crippen LogP contribution in [0.3, 0.4) is 0 Å². The van der Waals surface area contributed by atoms with E-state index in [2.05, 4.69) is 10.6 Å². The summed E-state index contributed by atoms with van der Waals surface area (Å²) >= 11 is 0. The molecule has 1 aliphatic rings. The summed E-state index contributed by atoms with van der Waals surface area (Å²) < 4.78 is 40.4. The Kier molecular flexibility index (Phi) is 12.0. The van der Waals surface area contributed by atoms with Gasteiger partial charge in [0.2, 0.25) is 5.91 Å². The van der Waals surface area contributed by atoms with Gasteiger partial charge in [-0.1, -0.05) is 37.3 Å². The van der Waals surface area contributed by atoms with Gasteiger partial charge in [-0.05, 0) is 19.2 Å². The molecule has 5 nitrogen and oxygen atoms in total. The van der Waals surface area contributed by atoms with E-state index in [0.29, 0.717) is 32.7 Å². The van der Waals surface area contributed by atoms with E-state index in [1.54, 1.807) is 7.05 Å². The lowest BCUT2D eigenvalue weighted by atomic mass is 10.0. The quantitative estimate of drug-likeness (QED) is 0.677. The average Bonchev–Trinajstić information content (AvgIpc) is 2.62. The number of halogens is 5. The minimum Gasteiger partial charge on any atom is -0.353 e. The molecule has 162 valence electrons. The maximum absolute atomic E-state index is 13.5. The molecule has 1 fully saturated rings. The minimum absolute atomic E-state index is 0. The van der Waals surface area contributed by atoms with Gasteiger partial charge < -0.3 is 10.6 Å². The molecule has 2 rings (SSSR count). The average molecular weight is 445 g/mol. The van der Waals surface area contributed by atoms with Crippen LogP contribution in [0.4, 0.5) is 13.2 Å². The SMILES string of the molecule is CCN(C)C(C(=O)NCC(N1CCNCC1)C(F)(F)F)c1ccccc1.Cl.Cl. The first-order valence-electron chi connectivity index (χ1n) is 8.89. The summed E-state index contributed by atoms with van der Waals surface area (Å²) in [5.74, 6) is -0.412. The molecule has 1 amide bonds. The van der Waals surface area contributed by atoms with E-state index >= 15 is 0 Å². The molecule has 0 bridgehead atoms. The lowest BCUT2D eigenvalue weighted by Gasteiger charge is -2.36. The van der Waals surface area contributed by atoms with Crippen molar-refractivity contribution < 1.29 is 18.0 Å². The minimum atomic E-state index is -4.39. The molecule has 2 atom stereocenters. The van der Waals surface area contributed by atoms with Crippen LogP contribution in [-0.4, -0.2) is 74.2 Å². The van der Waals surface area contributed by atoms with Gasteiger partial charge in [-0.2, -0.15) is 13.2 Å². The third kappa shape index (κ3) is 7.40. The van der Waals surface area contributed by atoms with E-state index in [4.69, 9.17) is 0 Å². The lowest BCUT2D eigenvalue weighted by Crippen LogP contribution is -2.58. The number of piperazine rings is 1. The van der Waals surface area contributed by atoms with Crippen molar-refractivity contribution in [3.63, 3.8) is 0 Å². The molecule has 2 unspecified atom stereocenters. The highest BCUT2D eigenvalue weighted by atomic mass is 35.5. The monoisotopic (exact) mass is 444 g/mol. The molecule has 28 heavy (non-hydrogen) atoms. The molecule has 0 spiro atoms. The van der Waals surface area contributed by atoms with Crippen molar-refractivity contribution in [2.75, 3.05) is 46.3 Å². The molecule has 0 aliphatic carbocycles. The first-order chi connectivity index (χ1) is 12.3. The molecule has 0 saturated carbocycles. The van der Waals surface area contributed by atoms with Crippen molar-refractivity contribution in [3.8, 4) is 0 Å². The van der Waals surface area contributed by atoms with Crippen LogP contribution in [0.15, 0.2) is 30.3 Å². The molecule has 0 aromatic heterocycles. The largest absolute Gasteiger partial charge is 0.405 e. The number of carbonyl (C=O) groups excluding carboxylic acids is 1. The van der Waals surface area contributed by atoms with Gasteiger partial charge in [0.05, 0.1) is 0 Å². The Balaban J connectivity index is 0.00000364. The van der Waals surface area contributed by atoms with E-state index in [9.17, 15) is 18.0 Å². The Morgan fingerprint density at radius 3 is 2.29 bits per heavy atom. The van der Waals surface area contributed by atoms with Gasteiger partial charge in [-0.25, -0.2) is 0 Å². The third-order valence-corrected chi connectivity index (χ3v) is 4.74. The summed E-state index contributed by atoms with van der Waals surface area (Å²) in [6.45, 7) is 3.74. The van der Waals surface area contributed by atoms with Crippen molar-refractivity contribution in [1.29, 1.82) is 0 Å². The van der Waals surface area contributed by atoms with E-state index in [1.807, 2.05) is 42.2 Å². The van der Waals surface area contributed by atoms with Crippen LogP contribution in [0.5, 0.6) is 0 Å². The first kappa shape index (κ1) is 26.9. The first-order valence-corrected chi connectivity index (χ1v) is 8.89. The highest BCUT2D eigenvalue weighted by molar-refractivity contribution is 5.85. The second kappa shape index (κ2) is 12.5. The molecule has 1 aromatic rings. The molecule has 1 aliphatic heterocycles. The summed E-state index contributed by atoms with van der Waals surface area (Å²) in [5.41, 5.74) is 0.764. The Bertz CT molecular complexity index is 572. The van der Waals surface area contributed by atoms with Crippen molar-refractivity contribution in [2.24, 2.45) is 0 Å². The van der Waals surface area contributed by atoms with Gasteiger partial charge in [-0.3, -0.25) is 14.6 Å². The van der Waals surface area contributed by atoms with E-state index in [0.717, 1.165) is 5.56 Å². The molecular weight excluding hydrogens is 416 g/mol. The molecule has 2 N–H and O–H groups in total. The summed E-state index contributed by atoms with van der Waals surface area (Å²) in [5, 5.41) is 5.58. The fourth-order valence-electron chi connectivity index (χ4n) is 3.16. The van der Waals surface area contributed by atoms with Crippen LogP contribution in [0, 0.1) is 0 Å². The molecule has 0 radical (unpaired) electrons. The predicted octanol–water partition coefficient (Wildman–Crippen LogP) is 2.48. The van der Waals surface area contributed by atoms with Gasteiger partial charge in [0, 0.05) is 32.7 Å². The smallest absolute Gasteiger partial charge is 0.353 e. The maximum atomic E-state index is 13.5. The van der Waals surface area contributed by atoms with E-state index < -0.39 is 30.7 Å². The zero-order valence-electron chi connectivity index (χ0n) is 16.0. The molecule has 1 heterocycles. The van der Waals surface area contributed by atoms with Gasteiger partial charge in [0.25, 0.3) is 0 Å². The third-order valence-electron chi connectivity index (χ3n) is 4.74. The highest BCUT2D eigenvalue weighted by Gasteiger charge is 2.44. The second-order valence-corrected chi connectivity index (χ2v) is 6.47. The number of carbonyl (C=O) groups is 1. The van der Waals surface area contributed by atoms with Gasteiger partial charge in [0.1, 0.15) is 12.1 Å². The topological polar surface area (TPSA) is 47.6 Å². The summed E-state index contributed by atoms with van der Waals surface area (Å²) in [7, 11) is 1.79. The van der Waals surface area contributed by atoms with Crippen LogP contribution in [0.2, 0.25) is 0 Å². The fourth-order valence-corrected chi connectivity index (χ4v) is 3.16. The number of hydrogen-bond donors (Lipinski definition) is 2. The zero-order valence-corrected chi connectivity index (χ0v) is 17.7. The van der Waals surface area contributed by atoms with E-state index in [1.165, 1.54) is 4.90 Å². The Hall–Kier alpha value is -1.06. The fraction of sp³-hybridized carbons (Fsp3) is 0.611. The number of nitrogens with zero attached hydrogens (tertiary/aromatic N) is 2. The Labute approximate surface area is 176 Å². The summed E-state index contributed by atoms with van der Waals surface area (Å²) in [4.78, 5) is 15.9. The Morgan fingerprint density at radius 1 is 1.21 bits per heavy atom. The van der Waals surface area contributed by atoms with Crippen molar-refractivity contribution >= 4 is 30.7 Å². The number of benzene rings is 1. The Morgan fingerprint density at radius 2 is 1.79 bits per heavy atom. The van der Waals surface area contributed by atoms with Crippen molar-refractivity contribution in [3.05, 3.63) is 35.9 Å². The van der Waals surface area contributed by atoms with E-state index in [-0.39, 0.29) is 24.8 Å². The highest BCUT2D eigenvalue weighted by Crippen LogP contribution is 2.25. The van der Waals surface area contributed by atoms with Gasteiger partial charge in [0.15, 0.2) is 0 Å². The number of alkyl halides is 3. The maximum Gasteiger partial charge on any atom is 0.405 e. The standard InChI is InChI=1S/C18H27F3N4O.2ClH/c1-3-24(2)16(14-7-5-4-6-8-14)17(26)23-13-15(18(19,20)21)25-11-9-22-10-12-25;;/h4-8,15-16,22H,3,9-13H2,1-2H3,(H,23,26);2*1H.